The maximum absolute atomic E-state index is 10.4. The van der Waals surface area contributed by atoms with Crippen LogP contribution in [0.25, 0.3) is 0 Å². The van der Waals surface area contributed by atoms with Gasteiger partial charge in [0.05, 0.1) is 5.92 Å². The van der Waals surface area contributed by atoms with Crippen molar-refractivity contribution in [1.29, 1.82) is 0 Å². The predicted octanol–water partition coefficient (Wildman–Crippen LogP) is -0.749. The van der Waals surface area contributed by atoms with Gasteiger partial charge in [0, 0.05) is 0 Å². The van der Waals surface area contributed by atoms with Gasteiger partial charge in [-0.25, -0.2) is 0 Å². The Morgan fingerprint density at radius 1 is 1.78 bits per heavy atom. The third kappa shape index (κ3) is 0.872. The summed E-state index contributed by atoms with van der Waals surface area (Å²) < 4.78 is 4.45. The minimum Gasteiger partial charge on any atom is -0.443 e. The summed E-state index contributed by atoms with van der Waals surface area (Å²) in [5, 5.41) is 2.40. The number of β-lactam (4-membered cyclic amide) rings is 1. The number of hydrogen-bond acceptors (Lipinski definition) is 3. The van der Waals surface area contributed by atoms with Crippen molar-refractivity contribution in [2.45, 2.75) is 13.2 Å². The van der Waals surface area contributed by atoms with Crippen LogP contribution in [0.3, 0.4) is 0 Å². The van der Waals surface area contributed by atoms with Gasteiger partial charge in [0.2, 0.25) is 5.91 Å². The second kappa shape index (κ2) is 2.05. The SMILES string of the molecule is CC1C(=O)NC1OC=O. The van der Waals surface area contributed by atoms with Crippen LogP contribution < -0.4 is 5.32 Å². The monoisotopic (exact) mass is 129 g/mol. The standard InChI is InChI=1S/C5H7NO3/c1-3-4(8)6-5(3)9-2-7/h2-3,5H,1H3,(H,6,8). The van der Waals surface area contributed by atoms with Gasteiger partial charge in [-0.05, 0) is 6.92 Å². The minimum atomic E-state index is -0.394. The molecule has 4 heteroatoms. The van der Waals surface area contributed by atoms with E-state index in [1.807, 2.05) is 0 Å². The van der Waals surface area contributed by atoms with Gasteiger partial charge in [0.25, 0.3) is 6.47 Å². The average Bonchev–Trinajstić information content (AvgIpc) is 1.88. The van der Waals surface area contributed by atoms with E-state index in [1.165, 1.54) is 0 Å². The minimum absolute atomic E-state index is 0.0677. The molecule has 0 aromatic heterocycles. The zero-order valence-corrected chi connectivity index (χ0v) is 4.96. The third-order valence-electron chi connectivity index (χ3n) is 1.35. The van der Waals surface area contributed by atoms with Crippen LogP contribution in [0.5, 0.6) is 0 Å². The Morgan fingerprint density at radius 3 is 2.78 bits per heavy atom. The van der Waals surface area contributed by atoms with Crippen LogP contribution in [0.15, 0.2) is 0 Å². The van der Waals surface area contributed by atoms with Crippen LogP contribution in [0.2, 0.25) is 0 Å². The Hall–Kier alpha value is -1.06. The molecule has 4 nitrogen and oxygen atoms in total. The van der Waals surface area contributed by atoms with Crippen molar-refractivity contribution >= 4 is 12.4 Å². The van der Waals surface area contributed by atoms with Crippen molar-refractivity contribution in [3.8, 4) is 0 Å². The molecule has 0 aromatic carbocycles. The number of carbonyl (C=O) groups is 2. The molecule has 0 aliphatic carbocycles. The fraction of sp³-hybridized carbons (Fsp3) is 0.600. The zero-order valence-electron chi connectivity index (χ0n) is 4.96. The smallest absolute Gasteiger partial charge is 0.295 e. The molecule has 1 saturated heterocycles. The first-order valence-corrected chi connectivity index (χ1v) is 2.65. The largest absolute Gasteiger partial charge is 0.443 e. The summed E-state index contributed by atoms with van der Waals surface area (Å²) in [6.45, 7) is 2.04. The molecule has 50 valence electrons. The summed E-state index contributed by atoms with van der Waals surface area (Å²) in [5.74, 6) is -0.253. The fourth-order valence-electron chi connectivity index (χ4n) is 0.650. The molecule has 2 atom stereocenters. The summed E-state index contributed by atoms with van der Waals surface area (Å²) in [6.07, 6.45) is -0.394. The second-order valence-electron chi connectivity index (χ2n) is 1.95. The fourth-order valence-corrected chi connectivity index (χ4v) is 0.650. The average molecular weight is 129 g/mol. The van der Waals surface area contributed by atoms with Crippen LogP contribution in [0.4, 0.5) is 0 Å². The van der Waals surface area contributed by atoms with E-state index in [9.17, 15) is 9.59 Å². The molecule has 1 fully saturated rings. The molecule has 1 amide bonds. The van der Waals surface area contributed by atoms with E-state index in [2.05, 4.69) is 10.1 Å². The van der Waals surface area contributed by atoms with Crippen LogP contribution in [-0.2, 0) is 14.3 Å². The number of rotatable bonds is 2. The molecule has 0 radical (unpaired) electrons. The highest BCUT2D eigenvalue weighted by atomic mass is 16.5. The molecule has 1 aliphatic heterocycles. The Morgan fingerprint density at radius 2 is 2.44 bits per heavy atom. The first-order chi connectivity index (χ1) is 4.25. The Labute approximate surface area is 52.2 Å². The third-order valence-corrected chi connectivity index (χ3v) is 1.35. The molecule has 1 rings (SSSR count). The van der Waals surface area contributed by atoms with Crippen molar-refractivity contribution in [2.75, 3.05) is 0 Å². The van der Waals surface area contributed by atoms with E-state index in [1.54, 1.807) is 6.92 Å². The molecule has 0 saturated carbocycles. The number of nitrogens with one attached hydrogen (secondary N) is 1. The highest BCUT2D eigenvalue weighted by molar-refractivity contribution is 5.85. The Bertz CT molecular complexity index is 143. The van der Waals surface area contributed by atoms with Gasteiger partial charge in [-0.15, -0.1) is 0 Å². The molecule has 0 aromatic rings. The van der Waals surface area contributed by atoms with Gasteiger partial charge in [-0.3, -0.25) is 9.59 Å². The van der Waals surface area contributed by atoms with Crippen LogP contribution >= 0.6 is 0 Å². The van der Waals surface area contributed by atoms with E-state index in [-0.39, 0.29) is 11.8 Å². The summed E-state index contributed by atoms with van der Waals surface area (Å²) in [4.78, 5) is 20.1. The molecule has 0 bridgehead atoms. The molecule has 2 unspecified atom stereocenters. The molecule has 1 aliphatic rings. The highest BCUT2D eigenvalue weighted by Gasteiger charge is 2.36. The van der Waals surface area contributed by atoms with Crippen molar-refractivity contribution in [3.63, 3.8) is 0 Å². The van der Waals surface area contributed by atoms with Crippen molar-refractivity contribution < 1.29 is 14.3 Å². The summed E-state index contributed by atoms with van der Waals surface area (Å²) >= 11 is 0. The van der Waals surface area contributed by atoms with Gasteiger partial charge in [0.15, 0.2) is 6.23 Å². The molecular weight excluding hydrogens is 122 g/mol. The molecule has 0 spiro atoms. The van der Waals surface area contributed by atoms with Gasteiger partial charge >= 0.3 is 0 Å². The van der Waals surface area contributed by atoms with Crippen LogP contribution in [0.1, 0.15) is 6.92 Å². The van der Waals surface area contributed by atoms with E-state index in [0.29, 0.717) is 6.47 Å². The number of ether oxygens (including phenoxy) is 1. The topological polar surface area (TPSA) is 55.4 Å². The predicted molar refractivity (Wildman–Crippen MR) is 28.2 cm³/mol. The normalized spacial score (nSPS) is 32.3. The maximum Gasteiger partial charge on any atom is 0.295 e. The first-order valence-electron chi connectivity index (χ1n) is 2.65. The Kier molecular flexibility index (Phi) is 1.38. The number of hydrogen-bond donors (Lipinski definition) is 1. The van der Waals surface area contributed by atoms with Gasteiger partial charge < -0.3 is 10.1 Å². The van der Waals surface area contributed by atoms with Crippen molar-refractivity contribution in [3.05, 3.63) is 0 Å². The lowest BCUT2D eigenvalue weighted by Crippen LogP contribution is -2.57. The zero-order chi connectivity index (χ0) is 6.85. The maximum atomic E-state index is 10.4. The van der Waals surface area contributed by atoms with E-state index >= 15 is 0 Å². The van der Waals surface area contributed by atoms with Crippen molar-refractivity contribution in [2.24, 2.45) is 5.92 Å². The lowest BCUT2D eigenvalue weighted by Gasteiger charge is -2.31. The molecular formula is C5H7NO3. The van der Waals surface area contributed by atoms with Gasteiger partial charge in [-0.1, -0.05) is 0 Å². The molecule has 1 N–H and O–H groups in total. The van der Waals surface area contributed by atoms with Crippen LogP contribution in [0, 0.1) is 5.92 Å². The van der Waals surface area contributed by atoms with Crippen molar-refractivity contribution in [1.82, 2.24) is 5.32 Å². The van der Waals surface area contributed by atoms with Crippen LogP contribution in [-0.4, -0.2) is 18.6 Å². The lowest BCUT2D eigenvalue weighted by atomic mass is 10.0. The van der Waals surface area contributed by atoms with E-state index in [4.69, 9.17) is 0 Å². The summed E-state index contributed by atoms with van der Waals surface area (Å²) in [7, 11) is 0. The summed E-state index contributed by atoms with van der Waals surface area (Å²) in [6, 6.07) is 0. The Balaban J connectivity index is 2.32. The quantitative estimate of drug-likeness (QED) is 0.394. The summed E-state index contributed by atoms with van der Waals surface area (Å²) in [5.41, 5.74) is 0. The van der Waals surface area contributed by atoms with E-state index < -0.39 is 6.23 Å². The van der Waals surface area contributed by atoms with Gasteiger partial charge in [-0.2, -0.15) is 0 Å². The lowest BCUT2D eigenvalue weighted by molar-refractivity contribution is -0.158. The molecule has 9 heavy (non-hydrogen) atoms. The highest BCUT2D eigenvalue weighted by Crippen LogP contribution is 2.13. The number of amides is 1. The second-order valence-corrected chi connectivity index (χ2v) is 1.95. The van der Waals surface area contributed by atoms with Gasteiger partial charge in [0.1, 0.15) is 0 Å². The first kappa shape index (κ1) is 6.07. The number of carbonyl (C=O) groups excluding carboxylic acids is 2. The molecule has 1 heterocycles. The van der Waals surface area contributed by atoms with E-state index in [0.717, 1.165) is 0 Å².